The molecule has 5 N–H and O–H groups in total. The molecule has 0 saturated heterocycles. The van der Waals surface area contributed by atoms with Gasteiger partial charge in [-0.2, -0.15) is 4.99 Å². The molecule has 74 valence electrons. The van der Waals surface area contributed by atoms with E-state index in [2.05, 4.69) is 22.6 Å². The highest BCUT2D eigenvalue weighted by molar-refractivity contribution is 6.06. The van der Waals surface area contributed by atoms with Crippen LogP contribution in [-0.4, -0.2) is 17.9 Å². The van der Waals surface area contributed by atoms with Crippen LogP contribution in [-0.2, 0) is 4.79 Å². The number of nitrogens with one attached hydrogen (secondary N) is 1. The fourth-order valence-electron chi connectivity index (χ4n) is 0.370. The van der Waals surface area contributed by atoms with E-state index in [-0.39, 0.29) is 23.9 Å². The van der Waals surface area contributed by atoms with E-state index in [1.54, 1.807) is 0 Å². The van der Waals surface area contributed by atoms with Crippen molar-refractivity contribution < 1.29 is 9.59 Å². The van der Waals surface area contributed by atoms with Gasteiger partial charge >= 0.3 is 6.03 Å². The van der Waals surface area contributed by atoms with Gasteiger partial charge in [0, 0.05) is 5.57 Å². The summed E-state index contributed by atoms with van der Waals surface area (Å²) in [5, 5.41) is 2.10. The van der Waals surface area contributed by atoms with E-state index < -0.39 is 11.9 Å². The highest BCUT2D eigenvalue weighted by atomic mass is 35.5. The number of carbonyl (C=O) groups excluding carboxylic acids is 2. The number of carbonyl (C=O) groups is 2. The predicted octanol–water partition coefficient (Wildman–Crippen LogP) is -0.506. The van der Waals surface area contributed by atoms with Crippen molar-refractivity contribution in [2.75, 3.05) is 0 Å². The Morgan fingerprint density at radius 3 is 2.15 bits per heavy atom. The molecule has 0 aliphatic heterocycles. The van der Waals surface area contributed by atoms with Crippen molar-refractivity contribution in [2.24, 2.45) is 16.5 Å². The molecule has 0 unspecified atom stereocenters. The number of halogens is 1. The molecule has 0 atom stereocenters. The molecule has 0 aromatic carbocycles. The standard InChI is InChI=1S/C6H10N4O2.ClH/c1-3(2)4(11)9-5(7)10-6(8)12;/h1H2,2H3,(H5,7,8,9,10,11,12);1H. The van der Waals surface area contributed by atoms with E-state index in [4.69, 9.17) is 5.73 Å². The lowest BCUT2D eigenvalue weighted by Gasteiger charge is -2.00. The third-order valence-electron chi connectivity index (χ3n) is 0.860. The SMILES string of the molecule is C=C(C)C(=O)N/C(N)=N/C(N)=O.Cl. The molecule has 0 bridgehead atoms. The van der Waals surface area contributed by atoms with Gasteiger partial charge in [-0.3, -0.25) is 10.1 Å². The Hall–Kier alpha value is -1.56. The van der Waals surface area contributed by atoms with E-state index in [0.717, 1.165) is 0 Å². The molecule has 0 aliphatic rings. The van der Waals surface area contributed by atoms with Gasteiger partial charge in [0.2, 0.25) is 5.96 Å². The zero-order valence-electron chi connectivity index (χ0n) is 7.03. The van der Waals surface area contributed by atoms with Crippen LogP contribution in [0.4, 0.5) is 4.79 Å². The first-order chi connectivity index (χ1) is 5.43. The van der Waals surface area contributed by atoms with Crippen LogP contribution in [0, 0.1) is 0 Å². The Morgan fingerprint density at radius 1 is 1.38 bits per heavy atom. The lowest BCUT2D eigenvalue weighted by molar-refractivity contribution is -0.116. The molecule has 0 saturated carbocycles. The third-order valence-corrected chi connectivity index (χ3v) is 0.860. The van der Waals surface area contributed by atoms with Crippen LogP contribution in [0.2, 0.25) is 0 Å². The molecular weight excluding hydrogens is 196 g/mol. The summed E-state index contributed by atoms with van der Waals surface area (Å²) in [5.41, 5.74) is 10.0. The molecule has 0 fully saturated rings. The van der Waals surface area contributed by atoms with Crippen molar-refractivity contribution in [3.8, 4) is 0 Å². The van der Waals surface area contributed by atoms with E-state index in [0.29, 0.717) is 0 Å². The monoisotopic (exact) mass is 206 g/mol. The quantitative estimate of drug-likeness (QED) is 0.305. The van der Waals surface area contributed by atoms with Crippen LogP contribution < -0.4 is 16.8 Å². The van der Waals surface area contributed by atoms with Gasteiger partial charge in [0.25, 0.3) is 5.91 Å². The molecule has 0 aromatic rings. The first-order valence-electron chi connectivity index (χ1n) is 3.04. The summed E-state index contributed by atoms with van der Waals surface area (Å²) < 4.78 is 0. The van der Waals surface area contributed by atoms with Crippen LogP contribution in [0.3, 0.4) is 0 Å². The smallest absolute Gasteiger partial charge is 0.341 e. The van der Waals surface area contributed by atoms with Gasteiger partial charge in [0.05, 0.1) is 0 Å². The molecule has 0 aliphatic carbocycles. The lowest BCUT2D eigenvalue weighted by Crippen LogP contribution is -2.38. The summed E-state index contributed by atoms with van der Waals surface area (Å²) >= 11 is 0. The van der Waals surface area contributed by atoms with Crippen molar-refractivity contribution in [1.29, 1.82) is 0 Å². The van der Waals surface area contributed by atoms with E-state index in [9.17, 15) is 9.59 Å². The van der Waals surface area contributed by atoms with Crippen LogP contribution in [0.25, 0.3) is 0 Å². The first kappa shape index (κ1) is 14.0. The minimum atomic E-state index is -0.963. The maximum absolute atomic E-state index is 10.8. The zero-order chi connectivity index (χ0) is 9.72. The third kappa shape index (κ3) is 6.82. The maximum Gasteiger partial charge on any atom is 0.341 e. The number of guanidine groups is 1. The van der Waals surface area contributed by atoms with E-state index in [1.165, 1.54) is 6.92 Å². The topological polar surface area (TPSA) is 111 Å². The van der Waals surface area contributed by atoms with Gasteiger partial charge in [-0.05, 0) is 6.92 Å². The summed E-state index contributed by atoms with van der Waals surface area (Å²) in [5.74, 6) is -0.840. The van der Waals surface area contributed by atoms with Crippen LogP contribution in [0.5, 0.6) is 0 Å². The zero-order valence-corrected chi connectivity index (χ0v) is 7.85. The fourth-order valence-corrected chi connectivity index (χ4v) is 0.370. The molecular formula is C6H11ClN4O2. The van der Waals surface area contributed by atoms with Crippen molar-refractivity contribution >= 4 is 30.3 Å². The minimum absolute atomic E-state index is 0. The Labute approximate surface area is 81.5 Å². The van der Waals surface area contributed by atoms with Crippen LogP contribution >= 0.6 is 12.4 Å². The fraction of sp³-hybridized carbons (Fsp3) is 0.167. The summed E-state index contributed by atoms with van der Waals surface area (Å²) in [6, 6.07) is -0.963. The number of nitrogens with zero attached hydrogens (tertiary/aromatic N) is 1. The number of urea groups is 1. The summed E-state index contributed by atoms with van der Waals surface area (Å²) in [7, 11) is 0. The number of nitrogens with two attached hydrogens (primary N) is 2. The second-order valence-corrected chi connectivity index (χ2v) is 2.07. The van der Waals surface area contributed by atoms with Crippen molar-refractivity contribution in [3.63, 3.8) is 0 Å². The normalized spacial score (nSPS) is 9.77. The molecule has 0 spiro atoms. The molecule has 3 amide bonds. The van der Waals surface area contributed by atoms with Gasteiger partial charge in [-0.1, -0.05) is 6.58 Å². The molecule has 0 radical (unpaired) electrons. The number of rotatable bonds is 1. The van der Waals surface area contributed by atoms with Gasteiger partial charge in [-0.25, -0.2) is 4.79 Å². The van der Waals surface area contributed by atoms with Crippen LogP contribution in [0.1, 0.15) is 6.92 Å². The molecule has 7 heteroatoms. The summed E-state index contributed by atoms with van der Waals surface area (Å²) in [6.45, 7) is 4.84. The number of hydrogen-bond acceptors (Lipinski definition) is 2. The van der Waals surface area contributed by atoms with Crippen LogP contribution in [0.15, 0.2) is 17.1 Å². The maximum atomic E-state index is 10.8. The number of primary amides is 1. The molecule has 0 aromatic heterocycles. The van der Waals surface area contributed by atoms with Gasteiger partial charge < -0.3 is 11.5 Å². The predicted molar refractivity (Wildman–Crippen MR) is 51.4 cm³/mol. The molecule has 0 heterocycles. The minimum Gasteiger partial charge on any atom is -0.369 e. The van der Waals surface area contributed by atoms with Gasteiger partial charge in [0.1, 0.15) is 0 Å². The average molecular weight is 207 g/mol. The van der Waals surface area contributed by atoms with Crippen molar-refractivity contribution in [3.05, 3.63) is 12.2 Å². The van der Waals surface area contributed by atoms with Crippen molar-refractivity contribution in [1.82, 2.24) is 5.32 Å². The Bertz CT molecular complexity index is 261. The second-order valence-electron chi connectivity index (χ2n) is 2.07. The number of aliphatic imine (C=N–C) groups is 1. The Kier molecular flexibility index (Phi) is 6.47. The molecule has 13 heavy (non-hydrogen) atoms. The second kappa shape index (κ2) is 6.01. The van der Waals surface area contributed by atoms with Crippen molar-refractivity contribution in [2.45, 2.75) is 6.92 Å². The summed E-state index contributed by atoms with van der Waals surface area (Å²) in [6.07, 6.45) is 0. The number of hydrogen-bond donors (Lipinski definition) is 3. The number of amides is 3. The van der Waals surface area contributed by atoms with Gasteiger partial charge in [0.15, 0.2) is 0 Å². The largest absolute Gasteiger partial charge is 0.369 e. The van der Waals surface area contributed by atoms with E-state index in [1.807, 2.05) is 0 Å². The van der Waals surface area contributed by atoms with E-state index >= 15 is 0 Å². The average Bonchev–Trinajstić information content (AvgIpc) is 1.84. The highest BCUT2D eigenvalue weighted by Gasteiger charge is 2.03. The molecule has 0 rings (SSSR count). The lowest BCUT2D eigenvalue weighted by atomic mass is 10.3. The molecule has 6 nitrogen and oxygen atoms in total. The summed E-state index contributed by atoms with van der Waals surface area (Å²) in [4.78, 5) is 24.0. The Morgan fingerprint density at radius 2 is 1.85 bits per heavy atom. The highest BCUT2D eigenvalue weighted by Crippen LogP contribution is 1.84. The Balaban J connectivity index is 0. The van der Waals surface area contributed by atoms with Gasteiger partial charge in [-0.15, -0.1) is 12.4 Å². The first-order valence-corrected chi connectivity index (χ1v) is 3.04.